The molecule has 180 valence electrons. The molecule has 1 fully saturated rings. The second-order valence-electron chi connectivity index (χ2n) is 9.44. The van der Waals surface area contributed by atoms with Crippen LogP contribution < -0.4 is 10.6 Å². The summed E-state index contributed by atoms with van der Waals surface area (Å²) in [6.45, 7) is 14.3. The predicted molar refractivity (Wildman–Crippen MR) is 140 cm³/mol. The maximum atomic E-state index is 11.4. The molecule has 0 radical (unpaired) electrons. The fraction of sp³-hybridized carbons (Fsp3) is 0.429. The van der Waals surface area contributed by atoms with Gasteiger partial charge in [-0.2, -0.15) is 0 Å². The van der Waals surface area contributed by atoms with Crippen LogP contribution in [0.5, 0.6) is 0 Å². The number of aromatic amines is 1. The molecule has 0 aliphatic carbocycles. The van der Waals surface area contributed by atoms with Gasteiger partial charge < -0.3 is 15.6 Å². The lowest BCUT2D eigenvalue weighted by molar-refractivity contribution is 0.0996. The molecule has 0 spiro atoms. The van der Waals surface area contributed by atoms with Gasteiger partial charge in [-0.05, 0) is 86.5 Å². The van der Waals surface area contributed by atoms with E-state index in [9.17, 15) is 4.79 Å². The first-order valence-electron chi connectivity index (χ1n) is 12.4. The van der Waals surface area contributed by atoms with E-state index in [0.717, 1.165) is 57.5 Å². The summed E-state index contributed by atoms with van der Waals surface area (Å²) in [4.78, 5) is 24.0. The third-order valence-electron chi connectivity index (χ3n) is 7.24. The zero-order valence-corrected chi connectivity index (χ0v) is 20.9. The van der Waals surface area contributed by atoms with E-state index in [2.05, 4.69) is 77.8 Å². The Morgan fingerprint density at radius 3 is 2.50 bits per heavy atom. The molecule has 2 aromatic carbocycles. The maximum absolute atomic E-state index is 11.4. The molecule has 0 atom stereocenters. The molecule has 34 heavy (non-hydrogen) atoms. The molecule has 1 aromatic heterocycles. The Hall–Kier alpha value is -3.12. The van der Waals surface area contributed by atoms with Gasteiger partial charge in [0.05, 0.1) is 0 Å². The van der Waals surface area contributed by atoms with Gasteiger partial charge in [0.25, 0.3) is 5.91 Å². The van der Waals surface area contributed by atoms with Gasteiger partial charge >= 0.3 is 0 Å². The maximum Gasteiger partial charge on any atom is 0.268 e. The third-order valence-corrected chi connectivity index (χ3v) is 7.24. The molecule has 3 N–H and O–H groups in total. The van der Waals surface area contributed by atoms with E-state index in [1.165, 1.54) is 33.5 Å². The van der Waals surface area contributed by atoms with Crippen LogP contribution in [0.2, 0.25) is 0 Å². The van der Waals surface area contributed by atoms with Crippen molar-refractivity contribution < 1.29 is 4.79 Å². The van der Waals surface area contributed by atoms with Crippen LogP contribution in [0.4, 0.5) is 5.69 Å². The molecule has 1 aliphatic heterocycles. The van der Waals surface area contributed by atoms with Gasteiger partial charge in [-0.3, -0.25) is 9.69 Å². The number of primary amides is 1. The summed E-state index contributed by atoms with van der Waals surface area (Å²) in [5.41, 5.74) is 14.8. The zero-order chi connectivity index (χ0) is 24.2. The molecule has 0 bridgehead atoms. The Balaban J connectivity index is 1.34. The number of carbonyl (C=O) groups excluding carboxylic acids is 1. The van der Waals surface area contributed by atoms with Crippen LogP contribution in [0, 0.1) is 20.8 Å². The number of nitrogens with zero attached hydrogens (tertiary/aromatic N) is 3. The van der Waals surface area contributed by atoms with Gasteiger partial charge in [0.15, 0.2) is 0 Å². The molecule has 0 saturated carbocycles. The van der Waals surface area contributed by atoms with Gasteiger partial charge in [-0.1, -0.05) is 25.1 Å². The lowest BCUT2D eigenvalue weighted by Crippen LogP contribution is -2.47. The predicted octanol–water partition coefficient (Wildman–Crippen LogP) is 4.42. The first-order chi connectivity index (χ1) is 16.4. The quantitative estimate of drug-likeness (QED) is 0.523. The molecule has 4 rings (SSSR count). The molecule has 6 heteroatoms. The molecule has 1 aliphatic rings. The van der Waals surface area contributed by atoms with Crippen molar-refractivity contribution in [3.8, 4) is 11.4 Å². The van der Waals surface area contributed by atoms with E-state index in [0.29, 0.717) is 5.82 Å². The summed E-state index contributed by atoms with van der Waals surface area (Å²) in [5.74, 6) is 0.200. The number of anilines is 1. The van der Waals surface area contributed by atoms with Crippen LogP contribution >= 0.6 is 0 Å². The first-order valence-corrected chi connectivity index (χ1v) is 12.4. The minimum Gasteiger partial charge on any atom is -0.369 e. The van der Waals surface area contributed by atoms with Crippen molar-refractivity contribution in [3.63, 3.8) is 0 Å². The van der Waals surface area contributed by atoms with Gasteiger partial charge in [0.1, 0.15) is 11.5 Å². The number of aryl methyl sites for hydroxylation is 4. The average molecular weight is 460 g/mol. The number of imidazole rings is 1. The first kappa shape index (κ1) is 24.0. The summed E-state index contributed by atoms with van der Waals surface area (Å²) in [6, 6.07) is 11.1. The molecule has 2 heterocycles. The molecule has 0 unspecified atom stereocenters. The lowest BCUT2D eigenvalue weighted by atomic mass is 9.94. The molecular formula is C28H37N5O. The normalized spacial score (nSPS) is 14.5. The number of rotatable bonds is 8. The van der Waals surface area contributed by atoms with E-state index < -0.39 is 5.91 Å². The number of nitrogens with one attached hydrogen (secondary N) is 1. The van der Waals surface area contributed by atoms with Crippen LogP contribution in [-0.2, 0) is 12.8 Å². The summed E-state index contributed by atoms with van der Waals surface area (Å²) in [6.07, 6.45) is 4.72. The van der Waals surface area contributed by atoms with E-state index in [1.54, 1.807) is 6.20 Å². The number of hydrogen-bond acceptors (Lipinski definition) is 4. The van der Waals surface area contributed by atoms with Crippen molar-refractivity contribution in [2.75, 3.05) is 37.6 Å². The summed E-state index contributed by atoms with van der Waals surface area (Å²) >= 11 is 0. The second-order valence-corrected chi connectivity index (χ2v) is 9.44. The number of aromatic nitrogens is 2. The number of hydrogen-bond donors (Lipinski definition) is 2. The number of nitrogens with two attached hydrogens (primary N) is 1. The van der Waals surface area contributed by atoms with Crippen molar-refractivity contribution in [2.45, 2.75) is 47.0 Å². The molecular weight excluding hydrogens is 422 g/mol. The monoisotopic (exact) mass is 459 g/mol. The van der Waals surface area contributed by atoms with Crippen molar-refractivity contribution in [2.24, 2.45) is 5.73 Å². The largest absolute Gasteiger partial charge is 0.369 e. The van der Waals surface area contributed by atoms with Gasteiger partial charge in [0, 0.05) is 43.6 Å². The third kappa shape index (κ3) is 5.17. The number of benzene rings is 2. The fourth-order valence-electron chi connectivity index (χ4n) is 4.96. The zero-order valence-electron chi connectivity index (χ0n) is 20.9. The Morgan fingerprint density at radius 1 is 1.06 bits per heavy atom. The Bertz CT molecular complexity index is 1160. The fourth-order valence-corrected chi connectivity index (χ4v) is 4.96. The van der Waals surface area contributed by atoms with Crippen molar-refractivity contribution >= 4 is 11.6 Å². The Kier molecular flexibility index (Phi) is 7.37. The smallest absolute Gasteiger partial charge is 0.268 e. The highest BCUT2D eigenvalue weighted by Gasteiger charge is 2.19. The van der Waals surface area contributed by atoms with Crippen LogP contribution in [0.1, 0.15) is 51.7 Å². The van der Waals surface area contributed by atoms with Crippen molar-refractivity contribution in [3.05, 3.63) is 70.0 Å². The highest BCUT2D eigenvalue weighted by Crippen LogP contribution is 2.27. The van der Waals surface area contributed by atoms with E-state index in [-0.39, 0.29) is 5.69 Å². The highest BCUT2D eigenvalue weighted by atomic mass is 16.1. The SMILES string of the molecule is CCc1cc(CCCN2CCN(c3cccc(C)c3C)CC2)c(C)cc1-c1nc(C(N)=O)c[nH]1. The van der Waals surface area contributed by atoms with Crippen LogP contribution in [-0.4, -0.2) is 53.5 Å². The second kappa shape index (κ2) is 10.4. The standard InChI is InChI=1S/C28H37N5O/c1-5-22-17-23(20(3)16-24(22)28-30-18-25(31-28)27(29)34)9-7-11-32-12-14-33(15-13-32)26-10-6-8-19(2)21(26)4/h6,8,10,16-18H,5,7,9,11-15H2,1-4H3,(H2,29,34)(H,30,31). The van der Waals surface area contributed by atoms with Crippen LogP contribution in [0.3, 0.4) is 0 Å². The minimum atomic E-state index is -0.510. The van der Waals surface area contributed by atoms with E-state index in [4.69, 9.17) is 5.73 Å². The van der Waals surface area contributed by atoms with Gasteiger partial charge in [-0.15, -0.1) is 0 Å². The Morgan fingerprint density at radius 2 is 1.82 bits per heavy atom. The average Bonchev–Trinajstić information content (AvgIpc) is 3.33. The van der Waals surface area contributed by atoms with Crippen molar-refractivity contribution in [1.29, 1.82) is 0 Å². The van der Waals surface area contributed by atoms with Crippen LogP contribution in [0.25, 0.3) is 11.4 Å². The number of piperazine rings is 1. The van der Waals surface area contributed by atoms with E-state index in [1.807, 2.05) is 0 Å². The van der Waals surface area contributed by atoms with Crippen LogP contribution in [0.15, 0.2) is 36.5 Å². The Labute approximate surface area is 203 Å². The molecule has 3 aromatic rings. The summed E-state index contributed by atoms with van der Waals surface area (Å²) in [7, 11) is 0. The van der Waals surface area contributed by atoms with Gasteiger partial charge in [0.2, 0.25) is 0 Å². The highest BCUT2D eigenvalue weighted by molar-refractivity contribution is 5.91. The molecule has 6 nitrogen and oxygen atoms in total. The molecule has 1 amide bonds. The molecule has 1 saturated heterocycles. The number of carbonyl (C=O) groups is 1. The van der Waals surface area contributed by atoms with Gasteiger partial charge in [-0.25, -0.2) is 4.98 Å². The topological polar surface area (TPSA) is 78.2 Å². The number of H-pyrrole nitrogens is 1. The summed E-state index contributed by atoms with van der Waals surface area (Å²) < 4.78 is 0. The van der Waals surface area contributed by atoms with E-state index >= 15 is 0 Å². The number of amides is 1. The lowest BCUT2D eigenvalue weighted by Gasteiger charge is -2.37. The van der Waals surface area contributed by atoms with Crippen molar-refractivity contribution in [1.82, 2.24) is 14.9 Å². The summed E-state index contributed by atoms with van der Waals surface area (Å²) in [5, 5.41) is 0. The minimum absolute atomic E-state index is 0.274.